The van der Waals surface area contributed by atoms with E-state index in [9.17, 15) is 4.79 Å². The minimum Gasteiger partial charge on any atom is -0.481 e. The highest BCUT2D eigenvalue weighted by Gasteiger charge is 2.40. The van der Waals surface area contributed by atoms with Crippen molar-refractivity contribution in [3.05, 3.63) is 29.3 Å². The van der Waals surface area contributed by atoms with Crippen LogP contribution in [-0.2, 0) is 17.6 Å². The average molecular weight is 313 g/mol. The summed E-state index contributed by atoms with van der Waals surface area (Å²) in [6, 6.07) is 6.66. The van der Waals surface area contributed by atoms with Crippen molar-refractivity contribution >= 4 is 5.91 Å². The summed E-state index contributed by atoms with van der Waals surface area (Å²) in [5.74, 6) is 2.53. The third kappa shape index (κ3) is 2.98. The van der Waals surface area contributed by atoms with Gasteiger partial charge in [-0.1, -0.05) is 18.6 Å². The lowest BCUT2D eigenvalue weighted by Gasteiger charge is -2.26. The molecular weight excluding hydrogens is 286 g/mol. The molecule has 3 aliphatic rings. The molecule has 23 heavy (non-hydrogen) atoms. The van der Waals surface area contributed by atoms with Gasteiger partial charge in [-0.15, -0.1) is 0 Å². The van der Waals surface area contributed by atoms with Crippen LogP contribution in [-0.4, -0.2) is 18.1 Å². The Hall–Kier alpha value is -1.51. The van der Waals surface area contributed by atoms with Crippen LogP contribution in [0.4, 0.5) is 0 Å². The van der Waals surface area contributed by atoms with Crippen molar-refractivity contribution in [2.24, 2.45) is 11.8 Å². The number of amides is 1. The highest BCUT2D eigenvalue weighted by Crippen LogP contribution is 2.44. The first-order chi connectivity index (χ1) is 11.2. The van der Waals surface area contributed by atoms with Crippen LogP contribution >= 0.6 is 0 Å². The molecule has 2 bridgehead atoms. The van der Waals surface area contributed by atoms with E-state index in [1.807, 2.05) is 13.0 Å². The van der Waals surface area contributed by atoms with Gasteiger partial charge >= 0.3 is 0 Å². The minimum atomic E-state index is -0.414. The fraction of sp³-hybridized carbons (Fsp3) is 0.650. The molecule has 0 spiro atoms. The third-order valence-corrected chi connectivity index (χ3v) is 6.09. The monoisotopic (exact) mass is 313 g/mol. The molecular formula is C20H27NO2. The van der Waals surface area contributed by atoms with Crippen molar-refractivity contribution in [1.29, 1.82) is 0 Å². The van der Waals surface area contributed by atoms with E-state index in [-0.39, 0.29) is 5.91 Å². The van der Waals surface area contributed by atoms with E-state index in [2.05, 4.69) is 17.4 Å². The fourth-order valence-electron chi connectivity index (χ4n) is 4.82. The van der Waals surface area contributed by atoms with Crippen molar-refractivity contribution < 1.29 is 9.53 Å². The van der Waals surface area contributed by atoms with E-state index in [4.69, 9.17) is 4.74 Å². The summed E-state index contributed by atoms with van der Waals surface area (Å²) >= 11 is 0. The predicted octanol–water partition coefficient (Wildman–Crippen LogP) is 3.64. The molecule has 3 nitrogen and oxygen atoms in total. The van der Waals surface area contributed by atoms with Crippen LogP contribution in [0.5, 0.6) is 5.75 Å². The molecule has 0 saturated heterocycles. The normalized spacial score (nSPS) is 29.9. The summed E-state index contributed by atoms with van der Waals surface area (Å²) in [5.41, 5.74) is 2.72. The zero-order valence-electron chi connectivity index (χ0n) is 14.0. The van der Waals surface area contributed by atoms with Gasteiger partial charge in [0.05, 0.1) is 0 Å². The van der Waals surface area contributed by atoms with Crippen LogP contribution in [0.25, 0.3) is 0 Å². The highest BCUT2D eigenvalue weighted by atomic mass is 16.5. The summed E-state index contributed by atoms with van der Waals surface area (Å²) in [6.45, 7) is 1.88. The lowest BCUT2D eigenvalue weighted by molar-refractivity contribution is -0.128. The van der Waals surface area contributed by atoms with Crippen molar-refractivity contribution in [3.8, 4) is 5.75 Å². The van der Waals surface area contributed by atoms with Gasteiger partial charge in [-0.3, -0.25) is 4.79 Å². The molecule has 0 unspecified atom stereocenters. The molecule has 2 saturated carbocycles. The van der Waals surface area contributed by atoms with Gasteiger partial charge in [-0.25, -0.2) is 0 Å². The summed E-state index contributed by atoms with van der Waals surface area (Å²) in [7, 11) is 0. The Kier molecular flexibility index (Phi) is 4.04. The average Bonchev–Trinajstić information content (AvgIpc) is 3.18. The summed E-state index contributed by atoms with van der Waals surface area (Å²) < 4.78 is 6.05. The Labute approximate surface area is 138 Å². The van der Waals surface area contributed by atoms with Gasteiger partial charge < -0.3 is 10.1 Å². The van der Waals surface area contributed by atoms with Crippen LogP contribution < -0.4 is 10.1 Å². The van der Waals surface area contributed by atoms with Crippen molar-refractivity contribution in [1.82, 2.24) is 5.32 Å². The van der Waals surface area contributed by atoms with Crippen molar-refractivity contribution in [3.63, 3.8) is 0 Å². The second kappa shape index (κ2) is 6.18. The van der Waals surface area contributed by atoms with Gasteiger partial charge in [0.15, 0.2) is 6.10 Å². The molecule has 0 heterocycles. The van der Waals surface area contributed by atoms with Gasteiger partial charge in [0.2, 0.25) is 0 Å². The van der Waals surface area contributed by atoms with E-state index in [1.165, 1.54) is 49.7 Å². The van der Waals surface area contributed by atoms with E-state index in [0.717, 1.165) is 24.5 Å². The lowest BCUT2D eigenvalue weighted by Crippen LogP contribution is -2.44. The fourth-order valence-corrected chi connectivity index (χ4v) is 4.82. The van der Waals surface area contributed by atoms with E-state index < -0.39 is 6.10 Å². The smallest absolute Gasteiger partial charge is 0.261 e. The van der Waals surface area contributed by atoms with Gasteiger partial charge in [-0.05, 0) is 80.9 Å². The van der Waals surface area contributed by atoms with Crippen LogP contribution in [0.1, 0.15) is 56.6 Å². The maximum absolute atomic E-state index is 12.5. The standard InChI is InChI=1S/C20H27NO2/c1-13(20(22)21-18-12-14-9-10-16(18)11-14)23-19-8-4-6-15-5-2-3-7-17(15)19/h4,6,8,13-14,16,18H,2-3,5,7,9-12H2,1H3,(H,21,22)/t13-,14-,16-,18-/m1/s1. The molecule has 4 rings (SSSR count). The van der Waals surface area contributed by atoms with E-state index in [0.29, 0.717) is 12.0 Å². The van der Waals surface area contributed by atoms with Crippen LogP contribution in [0.3, 0.4) is 0 Å². The molecule has 1 aromatic rings. The zero-order chi connectivity index (χ0) is 15.8. The maximum atomic E-state index is 12.5. The first kappa shape index (κ1) is 15.0. The van der Waals surface area contributed by atoms with Crippen LogP contribution in [0, 0.1) is 11.8 Å². The van der Waals surface area contributed by atoms with Crippen LogP contribution in [0.15, 0.2) is 18.2 Å². The number of nitrogens with one attached hydrogen (secondary N) is 1. The van der Waals surface area contributed by atoms with Gasteiger partial charge in [0, 0.05) is 6.04 Å². The van der Waals surface area contributed by atoms with E-state index in [1.54, 1.807) is 0 Å². The molecule has 4 atom stereocenters. The number of fused-ring (bicyclic) bond motifs is 3. The van der Waals surface area contributed by atoms with Crippen molar-refractivity contribution in [2.75, 3.05) is 0 Å². The molecule has 1 aromatic carbocycles. The predicted molar refractivity (Wildman–Crippen MR) is 90.6 cm³/mol. The Morgan fingerprint density at radius 2 is 2.09 bits per heavy atom. The molecule has 1 N–H and O–H groups in total. The maximum Gasteiger partial charge on any atom is 0.261 e. The molecule has 3 aliphatic carbocycles. The topological polar surface area (TPSA) is 38.3 Å². The number of ether oxygens (including phenoxy) is 1. The Morgan fingerprint density at radius 1 is 1.22 bits per heavy atom. The lowest BCUT2D eigenvalue weighted by atomic mass is 9.91. The molecule has 2 fully saturated rings. The Balaban J connectivity index is 1.39. The number of rotatable bonds is 4. The largest absolute Gasteiger partial charge is 0.481 e. The number of aryl methyl sites for hydroxylation is 1. The summed E-state index contributed by atoms with van der Waals surface area (Å²) in [5, 5.41) is 3.25. The summed E-state index contributed by atoms with van der Waals surface area (Å²) in [4.78, 5) is 12.5. The molecule has 0 aromatic heterocycles. The molecule has 0 radical (unpaired) electrons. The summed E-state index contributed by atoms with van der Waals surface area (Å²) in [6.07, 6.45) is 9.41. The number of hydrogen-bond acceptors (Lipinski definition) is 2. The first-order valence-electron chi connectivity index (χ1n) is 9.28. The minimum absolute atomic E-state index is 0.0518. The highest BCUT2D eigenvalue weighted by molar-refractivity contribution is 5.81. The number of carbonyl (C=O) groups excluding carboxylic acids is 1. The SMILES string of the molecule is C[C@@H](Oc1cccc2c1CCCC2)C(=O)N[C@@H]1C[C@@H]2CC[C@@H]1C2. The molecule has 3 heteroatoms. The molecule has 124 valence electrons. The Bertz CT molecular complexity index is 597. The number of carbonyl (C=O) groups is 1. The second-order valence-electron chi connectivity index (χ2n) is 7.65. The second-order valence-corrected chi connectivity index (χ2v) is 7.65. The van der Waals surface area contributed by atoms with Crippen LogP contribution in [0.2, 0.25) is 0 Å². The van der Waals surface area contributed by atoms with Gasteiger partial charge in [0.1, 0.15) is 5.75 Å². The van der Waals surface area contributed by atoms with Gasteiger partial charge in [0.25, 0.3) is 5.91 Å². The molecule has 0 aliphatic heterocycles. The van der Waals surface area contributed by atoms with E-state index >= 15 is 0 Å². The Morgan fingerprint density at radius 3 is 2.87 bits per heavy atom. The quantitative estimate of drug-likeness (QED) is 0.921. The number of benzene rings is 1. The zero-order valence-corrected chi connectivity index (χ0v) is 14.0. The van der Waals surface area contributed by atoms with Crippen molar-refractivity contribution in [2.45, 2.75) is 70.4 Å². The first-order valence-corrected chi connectivity index (χ1v) is 9.28. The van der Waals surface area contributed by atoms with Gasteiger partial charge in [-0.2, -0.15) is 0 Å². The third-order valence-electron chi connectivity index (χ3n) is 6.09. The molecule has 1 amide bonds. The number of hydrogen-bond donors (Lipinski definition) is 1.